The van der Waals surface area contributed by atoms with Gasteiger partial charge in [0.05, 0.1) is 5.69 Å². The molecule has 1 saturated carbocycles. The minimum absolute atomic E-state index is 0.116. The average molecular weight is 565 g/mol. The van der Waals surface area contributed by atoms with Crippen LogP contribution in [-0.2, 0) is 9.59 Å². The number of halogens is 2. The summed E-state index contributed by atoms with van der Waals surface area (Å²) in [5.74, 6) is -2.14. The number of likely N-dealkylation sites (N-methyl/N-ethyl adjacent to an activating group) is 1. The van der Waals surface area contributed by atoms with E-state index in [0.29, 0.717) is 24.9 Å². The number of pyridine rings is 1. The van der Waals surface area contributed by atoms with Gasteiger partial charge in [-0.3, -0.25) is 19.8 Å². The first-order valence-corrected chi connectivity index (χ1v) is 13.1. The zero-order valence-electron chi connectivity index (χ0n) is 22.6. The Kier molecular flexibility index (Phi) is 7.59. The Hall–Kier alpha value is -4.58. The molecule has 4 amide bonds. The van der Waals surface area contributed by atoms with E-state index in [9.17, 15) is 18.8 Å². The van der Waals surface area contributed by atoms with Gasteiger partial charge in [0.25, 0.3) is 0 Å². The summed E-state index contributed by atoms with van der Waals surface area (Å²) in [6.45, 7) is 1.24. The second-order valence-electron chi connectivity index (χ2n) is 10.4. The van der Waals surface area contributed by atoms with E-state index in [2.05, 4.69) is 15.2 Å². The number of hydrogen-bond acceptors (Lipinski definition) is 6. The smallest absolute Gasteiger partial charge is 0.323 e. The van der Waals surface area contributed by atoms with Gasteiger partial charge >= 0.3 is 6.03 Å². The molecule has 1 aliphatic heterocycles. The molecule has 0 bridgehead atoms. The average Bonchev–Trinajstić information content (AvgIpc) is 3.60. The monoisotopic (exact) mass is 564 g/mol. The first-order valence-electron chi connectivity index (χ1n) is 13.1. The molecule has 3 N–H and O–H groups in total. The standard InChI is InChI=1S/C29H30F2N6O4/c1-35(2)20-10-14-36(17-20)28(40)34-25-16-22(9-13-33-25)41-21-7-8-24(23(31)15-21)37(19-5-3-18(30)4-6-19)27(39)29(11-12-29)26(32)38/h3-9,13,15-16,20H,10-12,14,17H2,1-2H3,(H2,32,38)(H,33,34,40). The van der Waals surface area contributed by atoms with Crippen LogP contribution in [-0.4, -0.2) is 65.9 Å². The Morgan fingerprint density at radius 2 is 1.76 bits per heavy atom. The molecular formula is C29H30F2N6O4. The molecule has 1 unspecified atom stereocenters. The lowest BCUT2D eigenvalue weighted by Crippen LogP contribution is -2.41. The molecule has 5 rings (SSSR count). The zero-order valence-corrected chi connectivity index (χ0v) is 22.6. The summed E-state index contributed by atoms with van der Waals surface area (Å²) in [5.41, 5.74) is 4.10. The van der Waals surface area contributed by atoms with E-state index in [1.807, 2.05) is 14.1 Å². The number of likely N-dealkylation sites (tertiary alicyclic amines) is 1. The summed E-state index contributed by atoms with van der Waals surface area (Å²) in [6.07, 6.45) is 2.83. The Bertz CT molecular complexity index is 1480. The van der Waals surface area contributed by atoms with Gasteiger partial charge in [0.2, 0.25) is 11.8 Å². The van der Waals surface area contributed by atoms with Crippen LogP contribution in [0.5, 0.6) is 11.5 Å². The number of aromatic nitrogens is 1. The van der Waals surface area contributed by atoms with Crippen molar-refractivity contribution in [3.05, 3.63) is 72.4 Å². The number of primary amides is 1. The van der Waals surface area contributed by atoms with E-state index in [4.69, 9.17) is 10.5 Å². The molecule has 2 fully saturated rings. The summed E-state index contributed by atoms with van der Waals surface area (Å²) in [4.78, 5) is 47.2. The Labute approximate surface area is 235 Å². The van der Waals surface area contributed by atoms with Gasteiger partial charge in [0.15, 0.2) is 5.82 Å². The van der Waals surface area contributed by atoms with Crippen LogP contribution in [0.3, 0.4) is 0 Å². The van der Waals surface area contributed by atoms with Crippen LogP contribution >= 0.6 is 0 Å². The van der Waals surface area contributed by atoms with Crippen molar-refractivity contribution >= 4 is 35.0 Å². The molecule has 2 heterocycles. The van der Waals surface area contributed by atoms with Gasteiger partial charge in [-0.05, 0) is 75.8 Å². The van der Waals surface area contributed by atoms with E-state index >= 15 is 4.39 Å². The molecule has 10 nitrogen and oxygen atoms in total. The van der Waals surface area contributed by atoms with Crippen molar-refractivity contribution in [2.45, 2.75) is 25.3 Å². The molecular weight excluding hydrogens is 534 g/mol. The van der Waals surface area contributed by atoms with Gasteiger partial charge in [-0.15, -0.1) is 0 Å². The van der Waals surface area contributed by atoms with Crippen LogP contribution in [0.1, 0.15) is 19.3 Å². The number of carbonyl (C=O) groups excluding carboxylic acids is 3. The predicted molar refractivity (Wildman–Crippen MR) is 148 cm³/mol. The van der Waals surface area contributed by atoms with E-state index in [1.165, 1.54) is 36.5 Å². The summed E-state index contributed by atoms with van der Waals surface area (Å²) in [5, 5.41) is 2.76. The number of nitrogens with zero attached hydrogens (tertiary/aromatic N) is 4. The van der Waals surface area contributed by atoms with Gasteiger partial charge in [-0.25, -0.2) is 18.6 Å². The second kappa shape index (κ2) is 11.1. The van der Waals surface area contributed by atoms with Gasteiger partial charge in [0.1, 0.15) is 28.5 Å². The van der Waals surface area contributed by atoms with Crippen LogP contribution in [0.25, 0.3) is 0 Å². The number of nitrogens with two attached hydrogens (primary N) is 1. The SMILES string of the molecule is CN(C)C1CCN(C(=O)Nc2cc(Oc3ccc(N(C(=O)C4(C(N)=O)CC4)c4ccc(F)cc4)c(F)c3)ccn2)C1. The quantitative estimate of drug-likeness (QED) is 0.395. The first kappa shape index (κ1) is 28.0. The number of urea groups is 1. The topological polar surface area (TPSA) is 121 Å². The number of carbonyl (C=O) groups is 3. The van der Waals surface area contributed by atoms with Crippen LogP contribution in [0.15, 0.2) is 60.8 Å². The van der Waals surface area contributed by atoms with Crippen molar-refractivity contribution in [3.63, 3.8) is 0 Å². The molecule has 1 saturated heterocycles. The molecule has 1 atom stereocenters. The van der Waals surface area contributed by atoms with Crippen LogP contribution in [0.4, 0.5) is 30.8 Å². The minimum atomic E-state index is -1.43. The lowest BCUT2D eigenvalue weighted by Gasteiger charge is -2.27. The molecule has 214 valence electrons. The lowest BCUT2D eigenvalue weighted by molar-refractivity contribution is -0.133. The summed E-state index contributed by atoms with van der Waals surface area (Å²) < 4.78 is 34.9. The Morgan fingerprint density at radius 1 is 1.05 bits per heavy atom. The number of benzene rings is 2. The fraction of sp³-hybridized carbons (Fsp3) is 0.310. The van der Waals surface area contributed by atoms with Crippen molar-refractivity contribution < 1.29 is 27.9 Å². The molecule has 0 radical (unpaired) electrons. The van der Waals surface area contributed by atoms with E-state index in [-0.39, 0.29) is 41.8 Å². The maximum Gasteiger partial charge on any atom is 0.323 e. The number of amides is 4. The molecule has 2 aromatic carbocycles. The van der Waals surface area contributed by atoms with Gasteiger partial charge in [0, 0.05) is 43.1 Å². The van der Waals surface area contributed by atoms with Crippen LogP contribution < -0.4 is 20.7 Å². The van der Waals surface area contributed by atoms with Gasteiger partial charge < -0.3 is 20.3 Å². The van der Waals surface area contributed by atoms with E-state index in [1.54, 1.807) is 11.0 Å². The third-order valence-corrected chi connectivity index (χ3v) is 7.46. The Balaban J connectivity index is 1.34. The van der Waals surface area contributed by atoms with Crippen LogP contribution in [0, 0.1) is 17.0 Å². The predicted octanol–water partition coefficient (Wildman–Crippen LogP) is 4.25. The summed E-state index contributed by atoms with van der Waals surface area (Å²) in [7, 11) is 3.96. The maximum atomic E-state index is 15.5. The molecule has 12 heteroatoms. The van der Waals surface area contributed by atoms with Gasteiger partial charge in [-0.2, -0.15) is 0 Å². The summed E-state index contributed by atoms with van der Waals surface area (Å²) in [6, 6.07) is 11.9. The largest absolute Gasteiger partial charge is 0.457 e. The molecule has 2 aliphatic rings. The highest BCUT2D eigenvalue weighted by atomic mass is 19.1. The highest BCUT2D eigenvalue weighted by Crippen LogP contribution is 2.49. The lowest BCUT2D eigenvalue weighted by atomic mass is 10.0. The molecule has 3 aromatic rings. The molecule has 41 heavy (non-hydrogen) atoms. The number of nitrogens with one attached hydrogen (secondary N) is 1. The molecule has 1 aromatic heterocycles. The third kappa shape index (κ3) is 5.82. The maximum absolute atomic E-state index is 15.5. The van der Waals surface area contributed by atoms with Crippen molar-refractivity contribution in [1.82, 2.24) is 14.8 Å². The normalized spacial score (nSPS) is 17.3. The van der Waals surface area contributed by atoms with Crippen molar-refractivity contribution in [2.75, 3.05) is 37.4 Å². The Morgan fingerprint density at radius 3 is 2.37 bits per heavy atom. The number of rotatable bonds is 8. The fourth-order valence-corrected chi connectivity index (χ4v) is 4.81. The second-order valence-corrected chi connectivity index (χ2v) is 10.4. The highest BCUT2D eigenvalue weighted by molar-refractivity contribution is 6.16. The van der Waals surface area contributed by atoms with E-state index in [0.717, 1.165) is 29.5 Å². The van der Waals surface area contributed by atoms with Crippen molar-refractivity contribution in [2.24, 2.45) is 11.1 Å². The number of hydrogen-bond donors (Lipinski definition) is 2. The van der Waals surface area contributed by atoms with Crippen molar-refractivity contribution in [3.8, 4) is 11.5 Å². The number of anilines is 3. The number of ether oxygens (including phenoxy) is 1. The van der Waals surface area contributed by atoms with Crippen molar-refractivity contribution in [1.29, 1.82) is 0 Å². The summed E-state index contributed by atoms with van der Waals surface area (Å²) >= 11 is 0. The van der Waals surface area contributed by atoms with E-state index < -0.39 is 28.9 Å². The highest BCUT2D eigenvalue weighted by Gasteiger charge is 2.57. The zero-order chi connectivity index (χ0) is 29.3. The first-order chi connectivity index (χ1) is 19.6. The minimum Gasteiger partial charge on any atom is -0.457 e. The third-order valence-electron chi connectivity index (χ3n) is 7.46. The van der Waals surface area contributed by atoms with Gasteiger partial charge in [-0.1, -0.05) is 0 Å². The fourth-order valence-electron chi connectivity index (χ4n) is 4.81. The molecule has 1 aliphatic carbocycles. The molecule has 0 spiro atoms. The van der Waals surface area contributed by atoms with Crippen LogP contribution in [0.2, 0.25) is 0 Å².